The third-order valence-electron chi connectivity index (χ3n) is 3.59. The highest BCUT2D eigenvalue weighted by molar-refractivity contribution is 7.85. The minimum Gasteiger partial charge on any atom is -0.465 e. The molecule has 114 valence electrons. The Morgan fingerprint density at radius 2 is 2.10 bits per heavy atom. The van der Waals surface area contributed by atoms with Gasteiger partial charge < -0.3 is 9.73 Å². The van der Waals surface area contributed by atoms with Gasteiger partial charge in [-0.25, -0.2) is 0 Å². The molecule has 1 aromatic heterocycles. The van der Waals surface area contributed by atoms with Crippen LogP contribution in [0.15, 0.2) is 10.5 Å². The topological polar surface area (TPSA) is 45.5 Å². The normalized spacial score (nSPS) is 18.0. The summed E-state index contributed by atoms with van der Waals surface area (Å²) >= 11 is 0. The standard InChI is InChI=1S/C15H26N2O2S/c1-12(2)9-16-10-15-8-14(13(3)19-15)11-17-4-6-20(18)7-5-17/h8,12,16H,4-7,9-11H2,1-3H3. The van der Waals surface area contributed by atoms with Gasteiger partial charge in [-0.05, 0) is 25.5 Å². The molecule has 0 bridgehead atoms. The molecule has 0 amide bonds. The van der Waals surface area contributed by atoms with Crippen LogP contribution in [-0.2, 0) is 23.9 Å². The molecule has 1 aliphatic rings. The molecule has 1 saturated heterocycles. The molecule has 0 unspecified atom stereocenters. The minimum atomic E-state index is -0.603. The summed E-state index contributed by atoms with van der Waals surface area (Å²) in [6.07, 6.45) is 0. The Kier molecular flexibility index (Phi) is 5.81. The molecule has 20 heavy (non-hydrogen) atoms. The summed E-state index contributed by atoms with van der Waals surface area (Å²) in [5.74, 6) is 4.29. The van der Waals surface area contributed by atoms with Gasteiger partial charge in [0.1, 0.15) is 11.5 Å². The second-order valence-corrected chi connectivity index (χ2v) is 7.64. The number of nitrogens with zero attached hydrogens (tertiary/aromatic N) is 1. The van der Waals surface area contributed by atoms with E-state index in [0.29, 0.717) is 5.92 Å². The lowest BCUT2D eigenvalue weighted by molar-refractivity contribution is 0.289. The Labute approximate surface area is 124 Å². The van der Waals surface area contributed by atoms with E-state index in [4.69, 9.17) is 4.42 Å². The first-order chi connectivity index (χ1) is 9.54. The van der Waals surface area contributed by atoms with Crippen LogP contribution >= 0.6 is 0 Å². The molecule has 5 heteroatoms. The van der Waals surface area contributed by atoms with Crippen molar-refractivity contribution in [2.45, 2.75) is 33.9 Å². The zero-order chi connectivity index (χ0) is 14.5. The SMILES string of the molecule is Cc1oc(CNCC(C)C)cc1CN1CCS(=O)CC1. The maximum atomic E-state index is 11.4. The Bertz CT molecular complexity index is 447. The fraction of sp³-hybridized carbons (Fsp3) is 0.733. The van der Waals surface area contributed by atoms with Crippen molar-refractivity contribution in [2.24, 2.45) is 5.92 Å². The van der Waals surface area contributed by atoms with Crippen LogP contribution in [0.25, 0.3) is 0 Å². The predicted molar refractivity (Wildman–Crippen MR) is 83.1 cm³/mol. The van der Waals surface area contributed by atoms with Crippen LogP contribution in [0.3, 0.4) is 0 Å². The largest absolute Gasteiger partial charge is 0.465 e. The van der Waals surface area contributed by atoms with E-state index in [0.717, 1.165) is 55.7 Å². The Morgan fingerprint density at radius 1 is 1.40 bits per heavy atom. The Balaban J connectivity index is 1.85. The molecule has 0 radical (unpaired) electrons. The molecule has 1 fully saturated rings. The molecule has 0 aromatic carbocycles. The van der Waals surface area contributed by atoms with Gasteiger partial charge in [0.2, 0.25) is 0 Å². The Morgan fingerprint density at radius 3 is 2.75 bits per heavy atom. The van der Waals surface area contributed by atoms with Crippen molar-refractivity contribution >= 4 is 10.8 Å². The van der Waals surface area contributed by atoms with Gasteiger partial charge in [-0.3, -0.25) is 9.11 Å². The van der Waals surface area contributed by atoms with Crippen LogP contribution < -0.4 is 5.32 Å². The van der Waals surface area contributed by atoms with E-state index in [-0.39, 0.29) is 0 Å². The van der Waals surface area contributed by atoms with Gasteiger partial charge in [0.15, 0.2) is 0 Å². The van der Waals surface area contributed by atoms with E-state index < -0.39 is 10.8 Å². The van der Waals surface area contributed by atoms with Gasteiger partial charge in [0.25, 0.3) is 0 Å². The highest BCUT2D eigenvalue weighted by Gasteiger charge is 2.17. The van der Waals surface area contributed by atoms with Gasteiger partial charge in [0.05, 0.1) is 6.54 Å². The zero-order valence-electron chi connectivity index (χ0n) is 12.8. The second-order valence-electron chi connectivity index (χ2n) is 5.94. The van der Waals surface area contributed by atoms with E-state index in [9.17, 15) is 4.21 Å². The number of aryl methyl sites for hydroxylation is 1. The molecular formula is C15H26N2O2S. The molecular weight excluding hydrogens is 272 g/mol. The molecule has 1 N–H and O–H groups in total. The van der Waals surface area contributed by atoms with Crippen molar-refractivity contribution in [3.05, 3.63) is 23.2 Å². The van der Waals surface area contributed by atoms with Crippen LogP contribution in [0.1, 0.15) is 30.9 Å². The van der Waals surface area contributed by atoms with Gasteiger partial charge in [-0.1, -0.05) is 13.8 Å². The number of hydrogen-bond acceptors (Lipinski definition) is 4. The highest BCUT2D eigenvalue weighted by atomic mass is 32.2. The summed E-state index contributed by atoms with van der Waals surface area (Å²) in [7, 11) is -0.603. The van der Waals surface area contributed by atoms with E-state index in [1.165, 1.54) is 5.56 Å². The Hall–Kier alpha value is -0.650. The van der Waals surface area contributed by atoms with Crippen LogP contribution in [0, 0.1) is 12.8 Å². The maximum absolute atomic E-state index is 11.4. The fourth-order valence-electron chi connectivity index (χ4n) is 2.39. The van der Waals surface area contributed by atoms with E-state index in [1.807, 2.05) is 6.92 Å². The van der Waals surface area contributed by atoms with Gasteiger partial charge in [0, 0.05) is 47.5 Å². The second kappa shape index (κ2) is 7.38. The third-order valence-corrected chi connectivity index (χ3v) is 4.86. The third kappa shape index (κ3) is 4.72. The molecule has 0 aliphatic carbocycles. The quantitative estimate of drug-likeness (QED) is 0.871. The molecule has 2 heterocycles. The maximum Gasteiger partial charge on any atom is 0.118 e. The first kappa shape index (κ1) is 15.7. The first-order valence-corrected chi connectivity index (χ1v) is 8.89. The van der Waals surface area contributed by atoms with Crippen molar-refractivity contribution in [1.29, 1.82) is 0 Å². The van der Waals surface area contributed by atoms with E-state index >= 15 is 0 Å². The predicted octanol–water partition coefficient (Wildman–Crippen LogP) is 1.90. The van der Waals surface area contributed by atoms with Crippen molar-refractivity contribution in [1.82, 2.24) is 10.2 Å². The van der Waals surface area contributed by atoms with Crippen LogP contribution in [0.2, 0.25) is 0 Å². The average molecular weight is 298 g/mol. The molecule has 1 aromatic rings. The summed E-state index contributed by atoms with van der Waals surface area (Å²) < 4.78 is 17.2. The first-order valence-electron chi connectivity index (χ1n) is 7.41. The van der Waals surface area contributed by atoms with Crippen LogP contribution in [0.4, 0.5) is 0 Å². The zero-order valence-corrected chi connectivity index (χ0v) is 13.6. The molecule has 1 aliphatic heterocycles. The smallest absolute Gasteiger partial charge is 0.118 e. The monoisotopic (exact) mass is 298 g/mol. The lowest BCUT2D eigenvalue weighted by Gasteiger charge is -2.25. The number of hydrogen-bond donors (Lipinski definition) is 1. The molecule has 0 saturated carbocycles. The highest BCUT2D eigenvalue weighted by Crippen LogP contribution is 2.17. The molecule has 4 nitrogen and oxygen atoms in total. The van der Waals surface area contributed by atoms with Gasteiger partial charge >= 0.3 is 0 Å². The van der Waals surface area contributed by atoms with Crippen molar-refractivity contribution in [3.63, 3.8) is 0 Å². The van der Waals surface area contributed by atoms with Crippen molar-refractivity contribution < 1.29 is 8.63 Å². The molecule has 0 spiro atoms. The van der Waals surface area contributed by atoms with Crippen molar-refractivity contribution in [3.8, 4) is 0 Å². The minimum absolute atomic E-state index is 0.603. The number of rotatable bonds is 6. The molecule has 0 atom stereocenters. The van der Waals surface area contributed by atoms with Crippen LogP contribution in [0.5, 0.6) is 0 Å². The van der Waals surface area contributed by atoms with Crippen molar-refractivity contribution in [2.75, 3.05) is 31.1 Å². The van der Waals surface area contributed by atoms with E-state index in [2.05, 4.69) is 30.1 Å². The summed E-state index contributed by atoms with van der Waals surface area (Å²) in [6, 6.07) is 2.16. The summed E-state index contributed by atoms with van der Waals surface area (Å²) in [5, 5.41) is 3.40. The lowest BCUT2D eigenvalue weighted by Crippen LogP contribution is -2.37. The summed E-state index contributed by atoms with van der Waals surface area (Å²) in [5.41, 5.74) is 1.26. The van der Waals surface area contributed by atoms with E-state index in [1.54, 1.807) is 0 Å². The van der Waals surface area contributed by atoms with Gasteiger partial charge in [-0.2, -0.15) is 0 Å². The van der Waals surface area contributed by atoms with Gasteiger partial charge in [-0.15, -0.1) is 0 Å². The lowest BCUT2D eigenvalue weighted by atomic mass is 10.2. The molecule has 2 rings (SSSR count). The summed E-state index contributed by atoms with van der Waals surface area (Å²) in [6.45, 7) is 11.0. The average Bonchev–Trinajstić information content (AvgIpc) is 2.72. The summed E-state index contributed by atoms with van der Waals surface area (Å²) in [4.78, 5) is 2.37. The van der Waals surface area contributed by atoms with Crippen LogP contribution in [-0.4, -0.2) is 40.2 Å². The number of nitrogens with one attached hydrogen (secondary N) is 1. The number of furan rings is 1. The fourth-order valence-corrected chi connectivity index (χ4v) is 3.52.